The largest absolute Gasteiger partial charge is 0.326 e. The smallest absolute Gasteiger partial charge is 0.227 e. The molecule has 1 amide bonds. The van der Waals surface area contributed by atoms with Crippen molar-refractivity contribution >= 4 is 24.0 Å². The molecule has 0 aliphatic carbocycles. The van der Waals surface area contributed by atoms with Gasteiger partial charge in [0.2, 0.25) is 5.91 Å². The van der Waals surface area contributed by atoms with E-state index in [1.807, 2.05) is 30.3 Å². The van der Waals surface area contributed by atoms with Crippen LogP contribution in [0.1, 0.15) is 25.3 Å². The van der Waals surface area contributed by atoms with Crippen LogP contribution < -0.4 is 5.32 Å². The third kappa shape index (κ3) is 5.58. The summed E-state index contributed by atoms with van der Waals surface area (Å²) >= 11 is 0. The van der Waals surface area contributed by atoms with Crippen molar-refractivity contribution in [3.63, 3.8) is 0 Å². The fourth-order valence-electron chi connectivity index (χ4n) is 3.44. The number of piperidine rings is 1. The Balaban J connectivity index is 0.00000225. The van der Waals surface area contributed by atoms with Gasteiger partial charge in [0, 0.05) is 18.2 Å². The standard InChI is InChI=1S/C21H26N2O.ClH/c1-17(21(24)22-20-10-6-3-7-11-20)19-12-14-23(15-13-19)16-18-8-4-2-5-9-18;/h2-11,17,19H,12-16H2,1H3,(H,22,24);1H. The van der Waals surface area contributed by atoms with Crippen LogP contribution in [-0.2, 0) is 11.3 Å². The van der Waals surface area contributed by atoms with Gasteiger partial charge in [0.15, 0.2) is 0 Å². The molecule has 0 bridgehead atoms. The summed E-state index contributed by atoms with van der Waals surface area (Å²) in [5.74, 6) is 0.674. The third-order valence-corrected chi connectivity index (χ3v) is 5.04. The van der Waals surface area contributed by atoms with E-state index in [2.05, 4.69) is 47.5 Å². The highest BCUT2D eigenvalue weighted by atomic mass is 35.5. The van der Waals surface area contributed by atoms with E-state index in [0.29, 0.717) is 5.92 Å². The molecule has 3 rings (SSSR count). The number of carbonyl (C=O) groups is 1. The van der Waals surface area contributed by atoms with Gasteiger partial charge in [-0.2, -0.15) is 0 Å². The highest BCUT2D eigenvalue weighted by Gasteiger charge is 2.28. The Kier molecular flexibility index (Phi) is 7.48. The molecule has 0 aromatic heterocycles. The first-order valence-corrected chi connectivity index (χ1v) is 8.84. The van der Waals surface area contributed by atoms with E-state index in [9.17, 15) is 4.79 Å². The number of rotatable bonds is 5. The average molecular weight is 359 g/mol. The molecular formula is C21H27ClN2O. The first-order valence-electron chi connectivity index (χ1n) is 8.84. The van der Waals surface area contributed by atoms with Crippen LogP contribution in [0.25, 0.3) is 0 Å². The normalized spacial score (nSPS) is 16.7. The molecule has 1 aliphatic rings. The number of hydrogen-bond donors (Lipinski definition) is 1. The Morgan fingerprint density at radius 3 is 2.20 bits per heavy atom. The monoisotopic (exact) mass is 358 g/mol. The molecule has 2 aromatic carbocycles. The quantitative estimate of drug-likeness (QED) is 0.847. The summed E-state index contributed by atoms with van der Waals surface area (Å²) in [5, 5.41) is 3.04. The number of carbonyl (C=O) groups excluding carboxylic acids is 1. The van der Waals surface area contributed by atoms with Crippen LogP contribution in [-0.4, -0.2) is 23.9 Å². The van der Waals surface area contributed by atoms with Crippen molar-refractivity contribution in [2.24, 2.45) is 11.8 Å². The van der Waals surface area contributed by atoms with Crippen LogP contribution in [0.4, 0.5) is 5.69 Å². The Morgan fingerprint density at radius 1 is 1.04 bits per heavy atom. The first-order chi connectivity index (χ1) is 11.7. The minimum atomic E-state index is 0. The molecule has 1 saturated heterocycles. The summed E-state index contributed by atoms with van der Waals surface area (Å²) in [7, 11) is 0. The van der Waals surface area contributed by atoms with Crippen LogP contribution >= 0.6 is 12.4 Å². The van der Waals surface area contributed by atoms with Crippen LogP contribution in [0.15, 0.2) is 60.7 Å². The second-order valence-corrected chi connectivity index (χ2v) is 6.74. The fraction of sp³-hybridized carbons (Fsp3) is 0.381. The second kappa shape index (κ2) is 9.59. The van der Waals surface area contributed by atoms with Gasteiger partial charge < -0.3 is 5.32 Å². The number of nitrogens with zero attached hydrogens (tertiary/aromatic N) is 1. The van der Waals surface area contributed by atoms with E-state index in [-0.39, 0.29) is 24.2 Å². The minimum Gasteiger partial charge on any atom is -0.326 e. The minimum absolute atomic E-state index is 0. The molecule has 25 heavy (non-hydrogen) atoms. The van der Waals surface area contributed by atoms with Gasteiger partial charge in [0.25, 0.3) is 0 Å². The lowest BCUT2D eigenvalue weighted by atomic mass is 9.84. The maximum absolute atomic E-state index is 12.5. The number of halogens is 1. The van der Waals surface area contributed by atoms with Crippen molar-refractivity contribution in [1.82, 2.24) is 4.90 Å². The number of anilines is 1. The Morgan fingerprint density at radius 2 is 1.60 bits per heavy atom. The zero-order chi connectivity index (χ0) is 16.8. The second-order valence-electron chi connectivity index (χ2n) is 6.74. The Labute approximate surface area is 156 Å². The number of amides is 1. The van der Waals surface area contributed by atoms with Crippen LogP contribution in [0, 0.1) is 11.8 Å². The van der Waals surface area contributed by atoms with Gasteiger partial charge in [-0.3, -0.25) is 9.69 Å². The molecule has 1 heterocycles. The molecule has 1 aliphatic heterocycles. The molecule has 2 aromatic rings. The summed E-state index contributed by atoms with van der Waals surface area (Å²) in [4.78, 5) is 15.0. The molecule has 3 nitrogen and oxygen atoms in total. The molecular weight excluding hydrogens is 332 g/mol. The van der Waals surface area contributed by atoms with Crippen molar-refractivity contribution in [3.8, 4) is 0 Å². The van der Waals surface area contributed by atoms with E-state index < -0.39 is 0 Å². The molecule has 1 N–H and O–H groups in total. The number of para-hydroxylation sites is 1. The van der Waals surface area contributed by atoms with Gasteiger partial charge in [0.1, 0.15) is 0 Å². The van der Waals surface area contributed by atoms with Crippen molar-refractivity contribution < 1.29 is 4.79 Å². The number of benzene rings is 2. The van der Waals surface area contributed by atoms with Gasteiger partial charge in [-0.05, 0) is 49.5 Å². The average Bonchev–Trinajstić information content (AvgIpc) is 2.63. The van der Waals surface area contributed by atoms with Gasteiger partial charge in [0.05, 0.1) is 0 Å². The highest BCUT2D eigenvalue weighted by Crippen LogP contribution is 2.26. The van der Waals surface area contributed by atoms with Crippen LogP contribution in [0.2, 0.25) is 0 Å². The van der Waals surface area contributed by atoms with E-state index in [0.717, 1.165) is 38.2 Å². The predicted octanol–water partition coefficient (Wildman–Crippen LogP) is 4.60. The summed E-state index contributed by atoms with van der Waals surface area (Å²) in [6.45, 7) is 5.22. The summed E-state index contributed by atoms with van der Waals surface area (Å²) < 4.78 is 0. The molecule has 1 unspecified atom stereocenters. The summed E-state index contributed by atoms with van der Waals surface area (Å²) in [5.41, 5.74) is 2.25. The lowest BCUT2D eigenvalue weighted by molar-refractivity contribution is -0.121. The van der Waals surface area contributed by atoms with Gasteiger partial charge in [-0.1, -0.05) is 55.5 Å². The lowest BCUT2D eigenvalue weighted by Gasteiger charge is -2.34. The van der Waals surface area contributed by atoms with E-state index in [1.54, 1.807) is 0 Å². The maximum Gasteiger partial charge on any atom is 0.227 e. The van der Waals surface area contributed by atoms with E-state index in [1.165, 1.54) is 5.56 Å². The zero-order valence-corrected chi connectivity index (χ0v) is 15.5. The Hall–Kier alpha value is -1.84. The van der Waals surface area contributed by atoms with Crippen molar-refractivity contribution in [3.05, 3.63) is 66.2 Å². The molecule has 0 radical (unpaired) electrons. The first kappa shape index (κ1) is 19.5. The third-order valence-electron chi connectivity index (χ3n) is 5.04. The van der Waals surface area contributed by atoms with Crippen molar-refractivity contribution in [1.29, 1.82) is 0 Å². The van der Waals surface area contributed by atoms with E-state index in [4.69, 9.17) is 0 Å². The SMILES string of the molecule is CC(C(=O)Nc1ccccc1)C1CCN(Cc2ccccc2)CC1.Cl. The van der Waals surface area contributed by atoms with Gasteiger partial charge in [-0.25, -0.2) is 0 Å². The van der Waals surface area contributed by atoms with E-state index >= 15 is 0 Å². The topological polar surface area (TPSA) is 32.3 Å². The molecule has 4 heteroatoms. The summed E-state index contributed by atoms with van der Waals surface area (Å²) in [6, 6.07) is 20.3. The Bertz CT molecular complexity index is 639. The summed E-state index contributed by atoms with van der Waals surface area (Å²) in [6.07, 6.45) is 2.19. The highest BCUT2D eigenvalue weighted by molar-refractivity contribution is 5.92. The molecule has 134 valence electrons. The number of likely N-dealkylation sites (tertiary alicyclic amines) is 1. The van der Waals surface area contributed by atoms with Crippen LogP contribution in [0.3, 0.4) is 0 Å². The van der Waals surface area contributed by atoms with Gasteiger partial charge in [-0.15, -0.1) is 12.4 Å². The molecule has 0 spiro atoms. The number of nitrogens with one attached hydrogen (secondary N) is 1. The van der Waals surface area contributed by atoms with Gasteiger partial charge >= 0.3 is 0 Å². The van der Waals surface area contributed by atoms with Crippen molar-refractivity contribution in [2.45, 2.75) is 26.3 Å². The number of hydrogen-bond acceptors (Lipinski definition) is 2. The molecule has 1 atom stereocenters. The molecule has 0 saturated carbocycles. The fourth-order valence-corrected chi connectivity index (χ4v) is 3.44. The molecule has 1 fully saturated rings. The lowest BCUT2D eigenvalue weighted by Crippen LogP contribution is -2.38. The van der Waals surface area contributed by atoms with Crippen LogP contribution in [0.5, 0.6) is 0 Å². The predicted molar refractivity (Wildman–Crippen MR) is 106 cm³/mol. The zero-order valence-electron chi connectivity index (χ0n) is 14.7. The van der Waals surface area contributed by atoms with Crippen molar-refractivity contribution in [2.75, 3.05) is 18.4 Å². The maximum atomic E-state index is 12.5.